The van der Waals surface area contributed by atoms with Gasteiger partial charge in [0, 0.05) is 17.8 Å². The van der Waals surface area contributed by atoms with Gasteiger partial charge in [0.15, 0.2) is 0 Å². The SMILES string of the molecule is NC(=O)CN(Cc1ccccc1N)C(=O)c1ccccc1. The van der Waals surface area contributed by atoms with Crippen LogP contribution in [0.15, 0.2) is 54.6 Å². The zero-order valence-corrected chi connectivity index (χ0v) is 11.5. The van der Waals surface area contributed by atoms with E-state index in [0.717, 1.165) is 5.56 Å². The molecular weight excluding hydrogens is 266 g/mol. The summed E-state index contributed by atoms with van der Waals surface area (Å²) < 4.78 is 0. The summed E-state index contributed by atoms with van der Waals surface area (Å²) in [6.45, 7) is 0.0887. The average Bonchev–Trinajstić information content (AvgIpc) is 2.48. The van der Waals surface area contributed by atoms with Crippen molar-refractivity contribution in [1.82, 2.24) is 4.90 Å². The van der Waals surface area contributed by atoms with Crippen molar-refractivity contribution in [3.8, 4) is 0 Å². The summed E-state index contributed by atoms with van der Waals surface area (Å²) in [5, 5.41) is 0. The number of nitrogens with two attached hydrogens (primary N) is 2. The van der Waals surface area contributed by atoms with Gasteiger partial charge in [-0.2, -0.15) is 0 Å². The second-order valence-electron chi connectivity index (χ2n) is 4.69. The molecule has 0 fully saturated rings. The Hall–Kier alpha value is -2.82. The molecule has 5 heteroatoms. The van der Waals surface area contributed by atoms with Gasteiger partial charge >= 0.3 is 0 Å². The lowest BCUT2D eigenvalue weighted by Crippen LogP contribution is -2.38. The smallest absolute Gasteiger partial charge is 0.254 e. The summed E-state index contributed by atoms with van der Waals surface area (Å²) in [6.07, 6.45) is 0. The van der Waals surface area contributed by atoms with E-state index in [1.807, 2.05) is 24.3 Å². The number of nitrogen functional groups attached to an aromatic ring is 1. The van der Waals surface area contributed by atoms with Crippen molar-refractivity contribution in [2.45, 2.75) is 6.54 Å². The van der Waals surface area contributed by atoms with Crippen LogP contribution in [-0.2, 0) is 11.3 Å². The molecule has 5 nitrogen and oxygen atoms in total. The van der Waals surface area contributed by atoms with E-state index in [0.29, 0.717) is 11.3 Å². The molecular formula is C16H17N3O2. The molecule has 0 aliphatic carbocycles. The number of benzene rings is 2. The molecule has 0 bridgehead atoms. The Bertz CT molecular complexity index is 641. The highest BCUT2D eigenvalue weighted by atomic mass is 16.2. The van der Waals surface area contributed by atoms with Crippen LogP contribution in [0.25, 0.3) is 0 Å². The fourth-order valence-corrected chi connectivity index (χ4v) is 2.03. The molecule has 0 aliphatic rings. The van der Waals surface area contributed by atoms with Crippen molar-refractivity contribution >= 4 is 17.5 Å². The first-order chi connectivity index (χ1) is 10.1. The standard InChI is InChI=1S/C16H17N3O2/c17-14-9-5-4-8-13(14)10-19(11-15(18)20)16(21)12-6-2-1-3-7-12/h1-9H,10-11,17H2,(H2,18,20). The van der Waals surface area contributed by atoms with Crippen LogP contribution in [0.5, 0.6) is 0 Å². The lowest BCUT2D eigenvalue weighted by atomic mass is 10.1. The Kier molecular flexibility index (Phi) is 4.56. The van der Waals surface area contributed by atoms with Gasteiger partial charge in [-0.3, -0.25) is 9.59 Å². The van der Waals surface area contributed by atoms with Gasteiger partial charge < -0.3 is 16.4 Å². The van der Waals surface area contributed by atoms with Crippen LogP contribution in [0.1, 0.15) is 15.9 Å². The molecule has 2 amide bonds. The number of hydrogen-bond donors (Lipinski definition) is 2. The average molecular weight is 283 g/mol. The maximum atomic E-state index is 12.5. The third kappa shape index (κ3) is 3.82. The van der Waals surface area contributed by atoms with Crippen LogP contribution in [-0.4, -0.2) is 23.3 Å². The largest absolute Gasteiger partial charge is 0.398 e. The number of nitrogens with zero attached hydrogens (tertiary/aromatic N) is 1. The molecule has 0 saturated carbocycles. The summed E-state index contributed by atoms with van der Waals surface area (Å²) in [5.74, 6) is -0.813. The Balaban J connectivity index is 2.25. The molecule has 2 aromatic rings. The van der Waals surface area contributed by atoms with Crippen molar-refractivity contribution in [2.75, 3.05) is 12.3 Å². The van der Waals surface area contributed by atoms with E-state index in [9.17, 15) is 9.59 Å². The normalized spacial score (nSPS) is 10.1. The second-order valence-corrected chi connectivity index (χ2v) is 4.69. The molecule has 108 valence electrons. The van der Waals surface area contributed by atoms with Crippen LogP contribution < -0.4 is 11.5 Å². The molecule has 21 heavy (non-hydrogen) atoms. The number of rotatable bonds is 5. The fourth-order valence-electron chi connectivity index (χ4n) is 2.03. The zero-order valence-electron chi connectivity index (χ0n) is 11.5. The molecule has 0 atom stereocenters. The van der Waals surface area contributed by atoms with Crippen LogP contribution in [0.4, 0.5) is 5.69 Å². The summed E-state index contributed by atoms with van der Waals surface area (Å²) in [4.78, 5) is 25.1. The van der Waals surface area contributed by atoms with E-state index >= 15 is 0 Å². The summed E-state index contributed by atoms with van der Waals surface area (Å²) in [5.41, 5.74) is 13.0. The van der Waals surface area contributed by atoms with Crippen molar-refractivity contribution in [2.24, 2.45) is 5.73 Å². The Morgan fingerprint density at radius 1 is 0.952 bits per heavy atom. The predicted molar refractivity (Wildman–Crippen MR) is 81.2 cm³/mol. The van der Waals surface area contributed by atoms with Gasteiger partial charge in [-0.1, -0.05) is 36.4 Å². The lowest BCUT2D eigenvalue weighted by Gasteiger charge is -2.22. The number of carbonyl (C=O) groups excluding carboxylic acids is 2. The van der Waals surface area contributed by atoms with Crippen molar-refractivity contribution in [3.05, 3.63) is 65.7 Å². The van der Waals surface area contributed by atoms with E-state index in [4.69, 9.17) is 11.5 Å². The van der Waals surface area contributed by atoms with Gasteiger partial charge in [0.05, 0.1) is 6.54 Å². The highest BCUT2D eigenvalue weighted by Crippen LogP contribution is 2.15. The molecule has 2 rings (SSSR count). The molecule has 0 unspecified atom stereocenters. The van der Waals surface area contributed by atoms with E-state index in [-0.39, 0.29) is 19.0 Å². The molecule has 0 aromatic heterocycles. The minimum Gasteiger partial charge on any atom is -0.398 e. The second kappa shape index (κ2) is 6.56. The number of amides is 2. The predicted octanol–water partition coefficient (Wildman–Crippen LogP) is 1.40. The summed E-state index contributed by atoms with van der Waals surface area (Å²) in [7, 11) is 0. The summed E-state index contributed by atoms with van der Waals surface area (Å²) >= 11 is 0. The fraction of sp³-hybridized carbons (Fsp3) is 0.125. The maximum absolute atomic E-state index is 12.5. The molecule has 0 spiro atoms. The van der Waals surface area contributed by atoms with Gasteiger partial charge in [-0.25, -0.2) is 0 Å². The van der Waals surface area contributed by atoms with E-state index in [1.165, 1.54) is 4.90 Å². The van der Waals surface area contributed by atoms with E-state index < -0.39 is 5.91 Å². The van der Waals surface area contributed by atoms with Gasteiger partial charge in [0.25, 0.3) is 5.91 Å². The number of primary amides is 1. The van der Waals surface area contributed by atoms with Gasteiger partial charge in [0.1, 0.15) is 0 Å². The van der Waals surface area contributed by atoms with Gasteiger partial charge in [0.2, 0.25) is 5.91 Å². The van der Waals surface area contributed by atoms with Crippen LogP contribution >= 0.6 is 0 Å². The third-order valence-corrected chi connectivity index (χ3v) is 3.07. The Labute approximate surface area is 123 Å². The van der Waals surface area contributed by atoms with Crippen LogP contribution in [0.3, 0.4) is 0 Å². The lowest BCUT2D eigenvalue weighted by molar-refractivity contribution is -0.118. The van der Waals surface area contributed by atoms with Crippen LogP contribution in [0.2, 0.25) is 0 Å². The Morgan fingerprint density at radius 3 is 2.19 bits per heavy atom. The molecule has 4 N–H and O–H groups in total. The van der Waals surface area contributed by atoms with E-state index in [1.54, 1.807) is 30.3 Å². The van der Waals surface area contributed by atoms with Gasteiger partial charge in [-0.05, 0) is 23.8 Å². The van der Waals surface area contributed by atoms with Gasteiger partial charge in [-0.15, -0.1) is 0 Å². The highest BCUT2D eigenvalue weighted by molar-refractivity contribution is 5.96. The van der Waals surface area contributed by atoms with E-state index in [2.05, 4.69) is 0 Å². The van der Waals surface area contributed by atoms with Crippen molar-refractivity contribution in [1.29, 1.82) is 0 Å². The maximum Gasteiger partial charge on any atom is 0.254 e. The number of hydrogen-bond acceptors (Lipinski definition) is 3. The minimum atomic E-state index is -0.561. The first kappa shape index (κ1) is 14.6. The zero-order chi connectivity index (χ0) is 15.2. The summed E-state index contributed by atoms with van der Waals surface area (Å²) in [6, 6.07) is 16.0. The third-order valence-electron chi connectivity index (χ3n) is 3.07. The van der Waals surface area contributed by atoms with Crippen molar-refractivity contribution < 1.29 is 9.59 Å². The Morgan fingerprint density at radius 2 is 1.57 bits per heavy atom. The monoisotopic (exact) mass is 283 g/mol. The van der Waals surface area contributed by atoms with Crippen LogP contribution in [0, 0.1) is 0 Å². The number of carbonyl (C=O) groups is 2. The molecule has 0 heterocycles. The quantitative estimate of drug-likeness (QED) is 0.813. The number of para-hydroxylation sites is 1. The molecule has 2 aromatic carbocycles. The first-order valence-electron chi connectivity index (χ1n) is 6.54. The minimum absolute atomic E-state index is 0.151. The molecule has 0 saturated heterocycles. The molecule has 0 aliphatic heterocycles. The number of anilines is 1. The van der Waals surface area contributed by atoms with Crippen molar-refractivity contribution in [3.63, 3.8) is 0 Å². The first-order valence-corrected chi connectivity index (χ1v) is 6.54. The molecule has 0 radical (unpaired) electrons. The highest BCUT2D eigenvalue weighted by Gasteiger charge is 2.18. The topological polar surface area (TPSA) is 89.4 Å².